The Hall–Kier alpha value is -0.943. The number of carbonyl (C=O) groups is 1. The molecule has 0 aromatic carbocycles. The smallest absolute Gasteiger partial charge is 0.191 e. The molecule has 0 bridgehead atoms. The van der Waals surface area contributed by atoms with Gasteiger partial charge in [-0.15, -0.1) is 0 Å². The van der Waals surface area contributed by atoms with Gasteiger partial charge in [-0.2, -0.15) is 0 Å². The van der Waals surface area contributed by atoms with Gasteiger partial charge >= 0.3 is 0 Å². The molecule has 0 saturated carbocycles. The molecule has 5 heteroatoms. The van der Waals surface area contributed by atoms with Crippen molar-refractivity contribution < 1.29 is 9.22 Å². The van der Waals surface area contributed by atoms with Crippen molar-refractivity contribution in [1.29, 1.82) is 0 Å². The van der Waals surface area contributed by atoms with Crippen LogP contribution in [0.2, 0.25) is 18.1 Å². The normalized spacial score (nSPS) is 12.8. The summed E-state index contributed by atoms with van der Waals surface area (Å²) >= 11 is 0. The van der Waals surface area contributed by atoms with Gasteiger partial charge in [-0.05, 0) is 31.5 Å². The molecule has 0 N–H and O–H groups in total. The Bertz CT molecular complexity index is 453. The number of aromatic nitrogens is 2. The van der Waals surface area contributed by atoms with Gasteiger partial charge in [-0.3, -0.25) is 4.79 Å². The highest BCUT2D eigenvalue weighted by atomic mass is 28.4. The summed E-state index contributed by atoms with van der Waals surface area (Å²) in [5.41, 5.74) is 0.567. The van der Waals surface area contributed by atoms with Crippen LogP contribution in [0.25, 0.3) is 0 Å². The fraction of sp³-hybridized carbons (Fsp3) is 0.733. The molecule has 0 unspecified atom stereocenters. The first-order valence-electron chi connectivity index (χ1n) is 7.22. The summed E-state index contributed by atoms with van der Waals surface area (Å²) in [6, 6.07) is 0. The van der Waals surface area contributed by atoms with Crippen molar-refractivity contribution >= 4 is 14.1 Å². The summed E-state index contributed by atoms with van der Waals surface area (Å²) in [5.74, 6) is 0.971. The molecule has 1 aromatic heterocycles. The quantitative estimate of drug-likeness (QED) is 0.456. The SMILES string of the molecule is Cc1nc(C(=O)CCCO[Si](C)(C)C(C)(C)C)cn1C. The second kappa shape index (κ2) is 6.22. The van der Waals surface area contributed by atoms with E-state index in [0.29, 0.717) is 18.7 Å². The van der Waals surface area contributed by atoms with Gasteiger partial charge in [0.1, 0.15) is 11.5 Å². The lowest BCUT2D eigenvalue weighted by Gasteiger charge is -2.36. The second-order valence-electron chi connectivity index (χ2n) is 6.92. The molecule has 0 aliphatic heterocycles. The number of imidazole rings is 1. The van der Waals surface area contributed by atoms with Gasteiger partial charge in [0.15, 0.2) is 14.1 Å². The number of nitrogens with zero attached hydrogens (tertiary/aromatic N) is 2. The Labute approximate surface area is 123 Å². The lowest BCUT2D eigenvalue weighted by atomic mass is 10.2. The highest BCUT2D eigenvalue weighted by Gasteiger charge is 2.36. The van der Waals surface area contributed by atoms with Crippen LogP contribution in [0.4, 0.5) is 0 Å². The molecule has 0 amide bonds. The van der Waals surface area contributed by atoms with Crippen LogP contribution in [0.1, 0.15) is 49.9 Å². The minimum Gasteiger partial charge on any atom is -0.417 e. The van der Waals surface area contributed by atoms with Crippen molar-refractivity contribution in [2.45, 2.75) is 58.7 Å². The molecule has 1 rings (SSSR count). The molecule has 1 heterocycles. The van der Waals surface area contributed by atoms with E-state index in [-0.39, 0.29) is 10.8 Å². The average molecular weight is 296 g/mol. The summed E-state index contributed by atoms with van der Waals surface area (Å²) in [4.78, 5) is 16.3. The minimum absolute atomic E-state index is 0.104. The molecule has 0 atom stereocenters. The zero-order chi connectivity index (χ0) is 15.6. The van der Waals surface area contributed by atoms with E-state index in [2.05, 4.69) is 38.8 Å². The van der Waals surface area contributed by atoms with E-state index >= 15 is 0 Å². The van der Waals surface area contributed by atoms with Crippen molar-refractivity contribution in [3.05, 3.63) is 17.7 Å². The third-order valence-electron chi connectivity index (χ3n) is 4.21. The van der Waals surface area contributed by atoms with Crippen LogP contribution in [-0.2, 0) is 11.5 Å². The molecule has 0 radical (unpaired) electrons. The molecule has 1 aromatic rings. The van der Waals surface area contributed by atoms with Gasteiger partial charge < -0.3 is 8.99 Å². The van der Waals surface area contributed by atoms with Gasteiger partial charge in [0.25, 0.3) is 0 Å². The second-order valence-corrected chi connectivity index (χ2v) is 11.7. The van der Waals surface area contributed by atoms with Gasteiger partial charge in [0.2, 0.25) is 0 Å². The van der Waals surface area contributed by atoms with E-state index in [0.717, 1.165) is 12.2 Å². The summed E-state index contributed by atoms with van der Waals surface area (Å²) in [6.07, 6.45) is 3.07. The van der Waals surface area contributed by atoms with Crippen LogP contribution in [0.5, 0.6) is 0 Å². The number of rotatable bonds is 6. The summed E-state index contributed by atoms with van der Waals surface area (Å²) < 4.78 is 7.94. The highest BCUT2D eigenvalue weighted by Crippen LogP contribution is 2.36. The molecule has 0 fully saturated rings. The average Bonchev–Trinajstić information content (AvgIpc) is 2.63. The van der Waals surface area contributed by atoms with Crippen LogP contribution in [0.15, 0.2) is 6.20 Å². The highest BCUT2D eigenvalue weighted by molar-refractivity contribution is 6.74. The standard InChI is InChI=1S/C15H28N2O2Si/c1-12-16-13(11-17(12)5)14(18)9-8-10-19-20(6,7)15(2,3)4/h11H,8-10H2,1-7H3. The number of carbonyl (C=O) groups excluding carboxylic acids is 1. The molecule has 0 aliphatic carbocycles. The van der Waals surface area contributed by atoms with E-state index in [1.807, 2.05) is 18.5 Å². The Morgan fingerprint density at radius 1 is 1.40 bits per heavy atom. The van der Waals surface area contributed by atoms with Crippen LogP contribution in [-0.4, -0.2) is 30.3 Å². The first-order chi connectivity index (χ1) is 9.04. The molecule has 0 aliphatic rings. The maximum absolute atomic E-state index is 12.0. The third-order valence-corrected chi connectivity index (χ3v) is 8.75. The Morgan fingerprint density at radius 3 is 2.45 bits per heavy atom. The summed E-state index contributed by atoms with van der Waals surface area (Å²) in [5, 5.41) is 0.217. The molecule has 0 spiro atoms. The van der Waals surface area contributed by atoms with Crippen molar-refractivity contribution in [1.82, 2.24) is 9.55 Å². The van der Waals surface area contributed by atoms with Crippen molar-refractivity contribution in [2.24, 2.45) is 7.05 Å². The number of ketones is 1. The van der Waals surface area contributed by atoms with Crippen LogP contribution < -0.4 is 0 Å². The summed E-state index contributed by atoms with van der Waals surface area (Å²) in [6.45, 7) is 13.7. The predicted molar refractivity (Wildman–Crippen MR) is 84.7 cm³/mol. The number of aryl methyl sites for hydroxylation is 2. The van der Waals surface area contributed by atoms with Crippen molar-refractivity contribution in [2.75, 3.05) is 6.61 Å². The van der Waals surface area contributed by atoms with Crippen LogP contribution in [0.3, 0.4) is 0 Å². The Kier molecular flexibility index (Phi) is 5.32. The van der Waals surface area contributed by atoms with Gasteiger partial charge in [0.05, 0.1) is 0 Å². The first kappa shape index (κ1) is 17.1. The number of Topliss-reactive ketones (excluding diaryl/α,β-unsaturated/α-hetero) is 1. The summed E-state index contributed by atoms with van der Waals surface area (Å²) in [7, 11) is 0.210. The van der Waals surface area contributed by atoms with E-state index in [1.54, 1.807) is 6.20 Å². The van der Waals surface area contributed by atoms with E-state index in [4.69, 9.17) is 4.43 Å². The Balaban J connectivity index is 2.40. The van der Waals surface area contributed by atoms with Crippen molar-refractivity contribution in [3.63, 3.8) is 0 Å². The number of hydrogen-bond acceptors (Lipinski definition) is 3. The monoisotopic (exact) mass is 296 g/mol. The molecular formula is C15H28N2O2Si. The van der Waals surface area contributed by atoms with Gasteiger partial charge in [-0.1, -0.05) is 20.8 Å². The molecule has 0 saturated heterocycles. The minimum atomic E-state index is -1.69. The fourth-order valence-corrected chi connectivity index (χ4v) is 2.69. The maximum atomic E-state index is 12.0. The topological polar surface area (TPSA) is 44.1 Å². The zero-order valence-electron chi connectivity index (χ0n) is 13.9. The molecule has 4 nitrogen and oxygen atoms in total. The molecule has 20 heavy (non-hydrogen) atoms. The first-order valence-corrected chi connectivity index (χ1v) is 10.1. The number of hydrogen-bond donors (Lipinski definition) is 0. The van der Waals surface area contributed by atoms with Gasteiger partial charge in [-0.25, -0.2) is 4.98 Å². The predicted octanol–water partition coefficient (Wildman–Crippen LogP) is 3.71. The Morgan fingerprint density at radius 2 is 2.00 bits per heavy atom. The lowest BCUT2D eigenvalue weighted by molar-refractivity contribution is 0.0967. The lowest BCUT2D eigenvalue weighted by Crippen LogP contribution is -2.41. The van der Waals surface area contributed by atoms with Crippen LogP contribution >= 0.6 is 0 Å². The van der Waals surface area contributed by atoms with E-state index in [1.165, 1.54) is 0 Å². The fourth-order valence-electron chi connectivity index (χ4n) is 1.60. The molecular weight excluding hydrogens is 268 g/mol. The van der Waals surface area contributed by atoms with Crippen LogP contribution in [0, 0.1) is 6.92 Å². The van der Waals surface area contributed by atoms with E-state index < -0.39 is 8.32 Å². The maximum Gasteiger partial charge on any atom is 0.191 e. The van der Waals surface area contributed by atoms with E-state index in [9.17, 15) is 4.79 Å². The molecule has 114 valence electrons. The van der Waals surface area contributed by atoms with Crippen molar-refractivity contribution in [3.8, 4) is 0 Å². The van der Waals surface area contributed by atoms with Gasteiger partial charge in [0, 0.05) is 26.3 Å². The third kappa shape index (κ3) is 4.28. The largest absolute Gasteiger partial charge is 0.417 e. The zero-order valence-corrected chi connectivity index (χ0v) is 14.9.